The Balaban J connectivity index is 1.80. The van der Waals surface area contributed by atoms with Crippen molar-refractivity contribution in [3.63, 3.8) is 0 Å². The first-order valence-electron chi connectivity index (χ1n) is 7.27. The molecule has 0 unspecified atom stereocenters. The van der Waals surface area contributed by atoms with Gasteiger partial charge < -0.3 is 5.32 Å². The highest BCUT2D eigenvalue weighted by atomic mass is 32.1. The number of fused-ring (bicyclic) bond motifs is 1. The van der Waals surface area contributed by atoms with Crippen LogP contribution in [0.4, 0.5) is 4.39 Å². The van der Waals surface area contributed by atoms with Crippen LogP contribution in [0.3, 0.4) is 0 Å². The molecule has 0 spiro atoms. The molecule has 0 atom stereocenters. The fraction of sp³-hybridized carbons (Fsp3) is 0.176. The fourth-order valence-corrected chi connectivity index (χ4v) is 3.23. The van der Waals surface area contributed by atoms with Gasteiger partial charge in [0.05, 0.1) is 5.69 Å². The summed E-state index contributed by atoms with van der Waals surface area (Å²) in [6.07, 6.45) is 4.47. The van der Waals surface area contributed by atoms with Gasteiger partial charge in [0.15, 0.2) is 4.96 Å². The zero-order valence-corrected chi connectivity index (χ0v) is 13.3. The predicted octanol–water partition coefficient (Wildman–Crippen LogP) is 3.44. The number of aryl methyl sites for hydroxylation is 1. The third kappa shape index (κ3) is 3.32. The highest BCUT2D eigenvalue weighted by Gasteiger charge is 2.13. The van der Waals surface area contributed by atoms with Gasteiger partial charge in [-0.25, -0.2) is 9.37 Å². The molecule has 1 N–H and O–H groups in total. The maximum Gasteiger partial charge on any atom is 0.220 e. The lowest BCUT2D eigenvalue weighted by molar-refractivity contribution is -0.120. The summed E-state index contributed by atoms with van der Waals surface area (Å²) in [6, 6.07) is 6.58. The average Bonchev–Trinajstić information content (AvgIpc) is 3.12. The molecule has 0 saturated carbocycles. The van der Waals surface area contributed by atoms with Crippen LogP contribution in [0.25, 0.3) is 16.2 Å². The summed E-state index contributed by atoms with van der Waals surface area (Å²) in [4.78, 5) is 16.9. The molecule has 0 radical (unpaired) electrons. The van der Waals surface area contributed by atoms with Crippen molar-refractivity contribution in [2.24, 2.45) is 0 Å². The number of carbonyl (C=O) groups excluding carboxylic acids is 1. The van der Waals surface area contributed by atoms with Gasteiger partial charge in [-0.2, -0.15) is 0 Å². The number of carbonyl (C=O) groups is 1. The summed E-state index contributed by atoms with van der Waals surface area (Å²) >= 11 is 1.49. The molecule has 0 fully saturated rings. The maximum atomic E-state index is 13.9. The Kier molecular flexibility index (Phi) is 4.52. The standard InChI is InChI=1S/C17H16FN3OS/c1-2-9-19-16(22)8-7-12-11-23-17-20-15(10-21(12)17)13-5-3-4-6-14(13)18/h2-6,10-11H,1,7-9H2,(H,19,22). The lowest BCUT2D eigenvalue weighted by Crippen LogP contribution is -2.23. The number of imidazole rings is 1. The molecule has 118 valence electrons. The first kappa shape index (κ1) is 15.4. The van der Waals surface area contributed by atoms with Crippen LogP contribution in [0.15, 0.2) is 48.5 Å². The van der Waals surface area contributed by atoms with Gasteiger partial charge in [-0.15, -0.1) is 17.9 Å². The first-order valence-corrected chi connectivity index (χ1v) is 8.15. The third-order valence-electron chi connectivity index (χ3n) is 3.48. The van der Waals surface area contributed by atoms with Crippen LogP contribution in [0.1, 0.15) is 12.1 Å². The van der Waals surface area contributed by atoms with Crippen molar-refractivity contribution >= 4 is 22.2 Å². The Bertz CT molecular complexity index is 853. The van der Waals surface area contributed by atoms with Crippen molar-refractivity contribution in [2.45, 2.75) is 12.8 Å². The van der Waals surface area contributed by atoms with E-state index in [1.807, 2.05) is 16.0 Å². The highest BCUT2D eigenvalue weighted by Crippen LogP contribution is 2.25. The molecule has 0 aliphatic rings. The Hall–Kier alpha value is -2.47. The number of aromatic nitrogens is 2. The van der Waals surface area contributed by atoms with E-state index in [1.54, 1.807) is 24.3 Å². The summed E-state index contributed by atoms with van der Waals surface area (Å²) in [7, 11) is 0. The minimum atomic E-state index is -0.288. The van der Waals surface area contributed by atoms with Gasteiger partial charge in [-0.3, -0.25) is 9.20 Å². The molecule has 23 heavy (non-hydrogen) atoms. The molecule has 2 heterocycles. The molecular weight excluding hydrogens is 313 g/mol. The van der Waals surface area contributed by atoms with Crippen LogP contribution in [0, 0.1) is 5.82 Å². The second-order valence-electron chi connectivity index (χ2n) is 5.08. The topological polar surface area (TPSA) is 46.4 Å². The normalized spacial score (nSPS) is 10.8. The van der Waals surface area contributed by atoms with E-state index < -0.39 is 0 Å². The molecule has 6 heteroatoms. The maximum absolute atomic E-state index is 13.9. The van der Waals surface area contributed by atoms with Crippen molar-refractivity contribution in [1.82, 2.24) is 14.7 Å². The summed E-state index contributed by atoms with van der Waals surface area (Å²) in [5, 5.41) is 4.73. The molecule has 2 aromatic heterocycles. The van der Waals surface area contributed by atoms with Crippen LogP contribution >= 0.6 is 11.3 Å². The summed E-state index contributed by atoms with van der Waals surface area (Å²) in [5.74, 6) is -0.303. The largest absolute Gasteiger partial charge is 0.353 e. The van der Waals surface area contributed by atoms with Crippen LogP contribution in [0.2, 0.25) is 0 Å². The molecule has 0 saturated heterocycles. The van der Waals surface area contributed by atoms with Gasteiger partial charge in [0.2, 0.25) is 5.91 Å². The Morgan fingerprint density at radius 3 is 3.04 bits per heavy atom. The molecule has 0 bridgehead atoms. The number of rotatable bonds is 6. The van der Waals surface area contributed by atoms with Crippen LogP contribution in [-0.2, 0) is 11.2 Å². The van der Waals surface area contributed by atoms with Crippen molar-refractivity contribution in [3.8, 4) is 11.3 Å². The predicted molar refractivity (Wildman–Crippen MR) is 90.0 cm³/mol. The zero-order chi connectivity index (χ0) is 16.2. The lowest BCUT2D eigenvalue weighted by Gasteiger charge is -2.02. The van der Waals surface area contributed by atoms with Crippen LogP contribution < -0.4 is 5.32 Å². The first-order chi connectivity index (χ1) is 11.2. The number of halogens is 1. The van der Waals surface area contributed by atoms with E-state index >= 15 is 0 Å². The SMILES string of the molecule is C=CCNC(=O)CCc1csc2nc(-c3ccccc3F)cn12. The zero-order valence-electron chi connectivity index (χ0n) is 12.5. The molecule has 0 aliphatic heterocycles. The number of amides is 1. The molecule has 1 amide bonds. The Morgan fingerprint density at radius 1 is 1.43 bits per heavy atom. The van der Waals surface area contributed by atoms with Crippen molar-refractivity contribution in [3.05, 3.63) is 60.0 Å². The van der Waals surface area contributed by atoms with Gasteiger partial charge in [-0.05, 0) is 18.6 Å². The monoisotopic (exact) mass is 329 g/mol. The molecule has 4 nitrogen and oxygen atoms in total. The van der Waals surface area contributed by atoms with E-state index in [1.165, 1.54) is 17.4 Å². The van der Waals surface area contributed by atoms with E-state index in [-0.39, 0.29) is 11.7 Å². The minimum Gasteiger partial charge on any atom is -0.353 e. The van der Waals surface area contributed by atoms with Crippen molar-refractivity contribution < 1.29 is 9.18 Å². The van der Waals surface area contributed by atoms with Crippen molar-refractivity contribution in [2.75, 3.05) is 6.54 Å². The molecule has 3 aromatic rings. The summed E-state index contributed by atoms with van der Waals surface area (Å²) < 4.78 is 15.8. The third-order valence-corrected chi connectivity index (χ3v) is 4.37. The Labute approximate surface area is 137 Å². The molecule has 1 aromatic carbocycles. The Morgan fingerprint density at radius 2 is 2.26 bits per heavy atom. The number of hydrogen-bond donors (Lipinski definition) is 1. The molecular formula is C17H16FN3OS. The van der Waals surface area contributed by atoms with Gasteiger partial charge >= 0.3 is 0 Å². The quantitative estimate of drug-likeness (QED) is 0.704. The number of nitrogens with one attached hydrogen (secondary N) is 1. The molecule has 3 rings (SSSR count). The van der Waals surface area contributed by atoms with E-state index in [0.717, 1.165) is 10.7 Å². The number of thiazole rings is 1. The number of hydrogen-bond acceptors (Lipinski definition) is 3. The van der Waals surface area contributed by atoms with Gasteiger partial charge in [-0.1, -0.05) is 18.2 Å². The number of nitrogens with zero attached hydrogens (tertiary/aromatic N) is 2. The van der Waals surface area contributed by atoms with E-state index in [2.05, 4.69) is 16.9 Å². The second kappa shape index (κ2) is 6.75. The van der Waals surface area contributed by atoms with E-state index in [0.29, 0.717) is 30.6 Å². The number of benzene rings is 1. The average molecular weight is 329 g/mol. The van der Waals surface area contributed by atoms with Crippen LogP contribution in [0.5, 0.6) is 0 Å². The lowest BCUT2D eigenvalue weighted by atomic mass is 10.1. The molecule has 0 aliphatic carbocycles. The van der Waals surface area contributed by atoms with Gasteiger partial charge in [0, 0.05) is 35.8 Å². The minimum absolute atomic E-state index is 0.0151. The smallest absolute Gasteiger partial charge is 0.220 e. The summed E-state index contributed by atoms with van der Waals surface area (Å²) in [5.41, 5.74) is 2.08. The van der Waals surface area contributed by atoms with Gasteiger partial charge in [0.1, 0.15) is 5.82 Å². The van der Waals surface area contributed by atoms with Crippen LogP contribution in [-0.4, -0.2) is 21.8 Å². The van der Waals surface area contributed by atoms with E-state index in [9.17, 15) is 9.18 Å². The second-order valence-corrected chi connectivity index (χ2v) is 5.91. The highest BCUT2D eigenvalue weighted by molar-refractivity contribution is 7.15. The van der Waals surface area contributed by atoms with E-state index in [4.69, 9.17) is 0 Å². The van der Waals surface area contributed by atoms with Crippen molar-refractivity contribution in [1.29, 1.82) is 0 Å². The fourth-order valence-electron chi connectivity index (χ4n) is 2.32. The summed E-state index contributed by atoms with van der Waals surface area (Å²) in [6.45, 7) is 4.04. The van der Waals surface area contributed by atoms with Gasteiger partial charge in [0.25, 0.3) is 0 Å².